The zero-order valence-corrected chi connectivity index (χ0v) is 15.2. The highest BCUT2D eigenvalue weighted by Crippen LogP contribution is 2.30. The lowest BCUT2D eigenvalue weighted by atomic mass is 9.93. The third-order valence-corrected chi connectivity index (χ3v) is 4.93. The molecule has 0 spiro atoms. The van der Waals surface area contributed by atoms with Crippen LogP contribution in [0.1, 0.15) is 32.6 Å². The number of halogens is 1. The Kier molecular flexibility index (Phi) is 5.64. The average Bonchev–Trinajstić information content (AvgIpc) is 3.17. The first-order chi connectivity index (χ1) is 12.5. The van der Waals surface area contributed by atoms with E-state index in [0.717, 1.165) is 12.8 Å². The summed E-state index contributed by atoms with van der Waals surface area (Å²) < 4.78 is 20.8. The molecule has 0 bridgehead atoms. The molecular formula is C19H26FN3O3. The molecule has 1 aromatic carbocycles. The Labute approximate surface area is 153 Å². The maximum Gasteiger partial charge on any atom is 0.322 e. The van der Waals surface area contributed by atoms with Crippen molar-refractivity contribution in [3.8, 4) is 5.75 Å². The number of ether oxygens (including phenoxy) is 1. The number of piperidine rings is 1. The van der Waals surface area contributed by atoms with Crippen LogP contribution in [-0.4, -0.2) is 60.2 Å². The van der Waals surface area contributed by atoms with Crippen LogP contribution in [0.15, 0.2) is 24.3 Å². The lowest BCUT2D eigenvalue weighted by Gasteiger charge is -2.38. The molecule has 0 aliphatic carbocycles. The number of hydrogen-bond donors (Lipinski definition) is 1. The topological polar surface area (TPSA) is 61.9 Å². The molecule has 0 aromatic heterocycles. The molecule has 0 radical (unpaired) electrons. The highest BCUT2D eigenvalue weighted by Gasteiger charge is 2.46. The predicted octanol–water partition coefficient (Wildman–Crippen LogP) is 3.04. The number of carbonyl (C=O) groups is 2. The first kappa shape index (κ1) is 18.5. The van der Waals surface area contributed by atoms with E-state index in [1.54, 1.807) is 23.1 Å². The van der Waals surface area contributed by atoms with Gasteiger partial charge in [0.2, 0.25) is 5.67 Å². The van der Waals surface area contributed by atoms with Gasteiger partial charge in [0.25, 0.3) is 5.91 Å². The Bertz CT molecular complexity index is 663. The van der Waals surface area contributed by atoms with E-state index in [4.69, 9.17) is 4.74 Å². The van der Waals surface area contributed by atoms with Crippen molar-refractivity contribution in [1.82, 2.24) is 9.80 Å². The minimum absolute atomic E-state index is 0.168. The predicted molar refractivity (Wildman–Crippen MR) is 97.1 cm³/mol. The molecule has 1 aromatic rings. The fourth-order valence-corrected chi connectivity index (χ4v) is 3.61. The average molecular weight is 363 g/mol. The minimum atomic E-state index is -1.99. The van der Waals surface area contributed by atoms with Crippen molar-refractivity contribution in [3.05, 3.63) is 24.3 Å². The Hall–Kier alpha value is -2.31. The number of para-hydroxylation sites is 2. The van der Waals surface area contributed by atoms with Crippen LogP contribution in [0.5, 0.6) is 5.75 Å². The number of hydrogen-bond acceptors (Lipinski definition) is 3. The van der Waals surface area contributed by atoms with Gasteiger partial charge in [-0.2, -0.15) is 0 Å². The van der Waals surface area contributed by atoms with Crippen LogP contribution >= 0.6 is 0 Å². The first-order valence-corrected chi connectivity index (χ1v) is 9.29. The first-order valence-electron chi connectivity index (χ1n) is 9.29. The molecular weight excluding hydrogens is 337 g/mol. The van der Waals surface area contributed by atoms with Crippen molar-refractivity contribution in [1.29, 1.82) is 0 Å². The molecule has 2 saturated heterocycles. The second-order valence-corrected chi connectivity index (χ2v) is 6.85. The number of alkyl halides is 1. The van der Waals surface area contributed by atoms with Gasteiger partial charge in [-0.15, -0.1) is 0 Å². The van der Waals surface area contributed by atoms with Gasteiger partial charge in [0.05, 0.1) is 18.8 Å². The summed E-state index contributed by atoms with van der Waals surface area (Å²) in [6, 6.07) is 6.72. The van der Waals surface area contributed by atoms with E-state index in [1.807, 2.05) is 13.0 Å². The van der Waals surface area contributed by atoms with Gasteiger partial charge in [-0.3, -0.25) is 4.79 Å². The highest BCUT2D eigenvalue weighted by atomic mass is 19.1. The normalized spacial score (nSPS) is 23.0. The van der Waals surface area contributed by atoms with Gasteiger partial charge in [-0.1, -0.05) is 12.1 Å². The third kappa shape index (κ3) is 3.92. The van der Waals surface area contributed by atoms with Crippen LogP contribution in [0.25, 0.3) is 0 Å². The summed E-state index contributed by atoms with van der Waals surface area (Å²) in [5.41, 5.74) is -1.44. The third-order valence-electron chi connectivity index (χ3n) is 4.93. The molecule has 2 heterocycles. The van der Waals surface area contributed by atoms with Crippen molar-refractivity contribution in [2.24, 2.45) is 0 Å². The fraction of sp³-hybridized carbons (Fsp3) is 0.579. The Morgan fingerprint density at radius 1 is 1.15 bits per heavy atom. The molecule has 7 heteroatoms. The van der Waals surface area contributed by atoms with Crippen LogP contribution in [0.3, 0.4) is 0 Å². The number of amides is 3. The molecule has 142 valence electrons. The van der Waals surface area contributed by atoms with Crippen molar-refractivity contribution >= 4 is 17.6 Å². The van der Waals surface area contributed by atoms with Crippen molar-refractivity contribution in [3.63, 3.8) is 0 Å². The van der Waals surface area contributed by atoms with Crippen LogP contribution in [0.4, 0.5) is 14.9 Å². The maximum atomic E-state index is 15.3. The van der Waals surface area contributed by atoms with E-state index in [9.17, 15) is 9.59 Å². The molecule has 26 heavy (non-hydrogen) atoms. The molecule has 1 atom stereocenters. The summed E-state index contributed by atoms with van der Waals surface area (Å²) in [5.74, 6) is 0.0993. The summed E-state index contributed by atoms with van der Waals surface area (Å²) >= 11 is 0. The molecule has 2 aliphatic heterocycles. The van der Waals surface area contributed by atoms with Gasteiger partial charge in [0.1, 0.15) is 5.75 Å². The second kappa shape index (κ2) is 7.93. The largest absolute Gasteiger partial charge is 0.492 e. The maximum absolute atomic E-state index is 15.3. The van der Waals surface area contributed by atoms with Gasteiger partial charge in [0, 0.05) is 19.6 Å². The van der Waals surface area contributed by atoms with Crippen LogP contribution < -0.4 is 10.1 Å². The second-order valence-electron chi connectivity index (χ2n) is 6.85. The number of urea groups is 1. The summed E-state index contributed by atoms with van der Waals surface area (Å²) in [5, 5.41) is 2.78. The van der Waals surface area contributed by atoms with E-state index < -0.39 is 17.6 Å². The Balaban J connectivity index is 1.67. The monoisotopic (exact) mass is 363 g/mol. The molecule has 2 fully saturated rings. The SMILES string of the molecule is CCOc1ccccc1NC(=O)N1CCCC(F)(C(=O)N2CCCC2)C1. The number of nitrogens with one attached hydrogen (secondary N) is 1. The molecule has 1 N–H and O–H groups in total. The van der Waals surface area contributed by atoms with E-state index in [2.05, 4.69) is 5.32 Å². The molecule has 6 nitrogen and oxygen atoms in total. The van der Waals surface area contributed by atoms with Crippen LogP contribution in [0, 0.1) is 0 Å². The number of nitrogens with zero attached hydrogens (tertiary/aromatic N) is 2. The van der Waals surface area contributed by atoms with Gasteiger partial charge in [0.15, 0.2) is 0 Å². The molecule has 2 aliphatic rings. The highest BCUT2D eigenvalue weighted by molar-refractivity contribution is 5.92. The summed E-state index contributed by atoms with van der Waals surface area (Å²) in [6.07, 6.45) is 2.47. The smallest absolute Gasteiger partial charge is 0.322 e. The van der Waals surface area contributed by atoms with Crippen molar-refractivity contribution in [2.45, 2.75) is 38.3 Å². The van der Waals surface area contributed by atoms with E-state index in [-0.39, 0.29) is 13.0 Å². The number of carbonyl (C=O) groups excluding carboxylic acids is 2. The molecule has 3 amide bonds. The quantitative estimate of drug-likeness (QED) is 0.894. The van der Waals surface area contributed by atoms with E-state index >= 15 is 4.39 Å². The summed E-state index contributed by atoms with van der Waals surface area (Å²) in [7, 11) is 0. The zero-order valence-electron chi connectivity index (χ0n) is 15.2. The van der Waals surface area contributed by atoms with Gasteiger partial charge < -0.3 is 19.9 Å². The standard InChI is InChI=1S/C19H26FN3O3/c1-2-26-16-9-4-3-8-15(16)21-18(25)23-13-7-10-19(20,14-23)17(24)22-11-5-6-12-22/h3-4,8-9H,2,5-7,10-14H2,1H3,(H,21,25). The van der Waals surface area contributed by atoms with Gasteiger partial charge >= 0.3 is 6.03 Å². The van der Waals surface area contributed by atoms with Crippen LogP contribution in [0.2, 0.25) is 0 Å². The van der Waals surface area contributed by atoms with Gasteiger partial charge in [-0.05, 0) is 44.7 Å². The lowest BCUT2D eigenvalue weighted by Crippen LogP contribution is -2.56. The summed E-state index contributed by atoms with van der Waals surface area (Å²) in [6.45, 7) is 3.79. The number of rotatable bonds is 4. The van der Waals surface area contributed by atoms with Crippen molar-refractivity contribution < 1.29 is 18.7 Å². The minimum Gasteiger partial charge on any atom is -0.492 e. The molecule has 0 saturated carbocycles. The zero-order chi connectivity index (χ0) is 18.6. The number of likely N-dealkylation sites (tertiary alicyclic amines) is 2. The van der Waals surface area contributed by atoms with Crippen LogP contribution in [-0.2, 0) is 4.79 Å². The fourth-order valence-electron chi connectivity index (χ4n) is 3.61. The lowest BCUT2D eigenvalue weighted by molar-refractivity contribution is -0.145. The molecule has 1 unspecified atom stereocenters. The van der Waals surface area contributed by atoms with E-state index in [0.29, 0.717) is 44.1 Å². The molecule has 3 rings (SSSR count). The van der Waals surface area contributed by atoms with E-state index in [1.165, 1.54) is 4.90 Å². The summed E-state index contributed by atoms with van der Waals surface area (Å²) in [4.78, 5) is 28.2. The van der Waals surface area contributed by atoms with Gasteiger partial charge in [-0.25, -0.2) is 9.18 Å². The Morgan fingerprint density at radius 3 is 2.58 bits per heavy atom. The number of benzene rings is 1. The number of anilines is 1. The van der Waals surface area contributed by atoms with Crippen molar-refractivity contribution in [2.75, 3.05) is 38.1 Å². The Morgan fingerprint density at radius 2 is 1.85 bits per heavy atom.